The Labute approximate surface area is 150 Å². The topological polar surface area (TPSA) is 77.8 Å². The number of carbonyl (C=O) groups excluding carboxylic acids is 1. The SMILES string of the molecule is CC(O)C1(O)CCC2C3CC(O)C4=CC(=O)CCC4(C)C3CCC21C. The first-order chi connectivity index (χ1) is 11.6. The van der Waals surface area contributed by atoms with Gasteiger partial charge >= 0.3 is 0 Å². The van der Waals surface area contributed by atoms with E-state index in [0.717, 1.165) is 31.3 Å². The fourth-order valence-electron chi connectivity index (χ4n) is 7.34. The van der Waals surface area contributed by atoms with Crippen LogP contribution in [0.1, 0.15) is 65.7 Å². The minimum Gasteiger partial charge on any atom is -0.390 e. The predicted molar refractivity (Wildman–Crippen MR) is 94.7 cm³/mol. The van der Waals surface area contributed by atoms with E-state index in [2.05, 4.69) is 13.8 Å². The maximum absolute atomic E-state index is 11.9. The van der Waals surface area contributed by atoms with Crippen LogP contribution in [0.15, 0.2) is 11.6 Å². The monoisotopic (exact) mass is 348 g/mol. The molecule has 4 heteroatoms. The molecular weight excluding hydrogens is 316 g/mol. The first-order valence-corrected chi connectivity index (χ1v) is 9.97. The molecule has 0 amide bonds. The highest BCUT2D eigenvalue weighted by Crippen LogP contribution is 2.67. The van der Waals surface area contributed by atoms with Gasteiger partial charge in [-0.2, -0.15) is 0 Å². The van der Waals surface area contributed by atoms with Gasteiger partial charge in [-0.3, -0.25) is 4.79 Å². The number of carbonyl (C=O) groups is 1. The predicted octanol–water partition coefficient (Wildman–Crippen LogP) is 2.60. The average molecular weight is 348 g/mol. The Bertz CT molecular complexity index is 625. The van der Waals surface area contributed by atoms with Gasteiger partial charge in [-0.25, -0.2) is 0 Å². The van der Waals surface area contributed by atoms with E-state index in [0.29, 0.717) is 37.0 Å². The highest BCUT2D eigenvalue weighted by molar-refractivity contribution is 5.91. The molecule has 0 aromatic rings. The van der Waals surface area contributed by atoms with E-state index in [1.54, 1.807) is 13.0 Å². The number of aliphatic hydroxyl groups excluding tert-OH is 2. The fraction of sp³-hybridized carbons (Fsp3) is 0.857. The molecule has 4 aliphatic rings. The fourth-order valence-corrected chi connectivity index (χ4v) is 7.34. The number of aliphatic hydroxyl groups is 3. The Balaban J connectivity index is 1.72. The van der Waals surface area contributed by atoms with Gasteiger partial charge in [0.1, 0.15) is 0 Å². The van der Waals surface area contributed by atoms with Gasteiger partial charge in [-0.05, 0) is 80.3 Å². The standard InChI is InChI=1S/C21H32O4/c1-12(22)21(25)9-6-16-14-11-18(24)17-10-13(23)4-7-19(17,2)15(14)5-8-20(16,21)3/h10,12,14-16,18,22,24-25H,4-9,11H2,1-3H3. The van der Waals surface area contributed by atoms with E-state index in [1.165, 1.54) is 0 Å². The second kappa shape index (κ2) is 5.40. The van der Waals surface area contributed by atoms with Crippen LogP contribution in [-0.4, -0.2) is 38.9 Å². The second-order valence-electron chi connectivity index (χ2n) is 9.71. The van der Waals surface area contributed by atoms with Gasteiger partial charge in [-0.15, -0.1) is 0 Å². The molecule has 4 rings (SSSR count). The molecular formula is C21H32O4. The van der Waals surface area contributed by atoms with Crippen molar-refractivity contribution in [3.8, 4) is 0 Å². The van der Waals surface area contributed by atoms with Crippen molar-refractivity contribution in [2.75, 3.05) is 0 Å². The first-order valence-electron chi connectivity index (χ1n) is 9.97. The molecule has 140 valence electrons. The molecule has 8 atom stereocenters. The van der Waals surface area contributed by atoms with Crippen LogP contribution in [0.3, 0.4) is 0 Å². The second-order valence-corrected chi connectivity index (χ2v) is 9.71. The molecule has 3 N–H and O–H groups in total. The highest BCUT2D eigenvalue weighted by atomic mass is 16.3. The third kappa shape index (κ3) is 2.14. The van der Waals surface area contributed by atoms with E-state index in [1.807, 2.05) is 0 Å². The van der Waals surface area contributed by atoms with Crippen LogP contribution in [0.5, 0.6) is 0 Å². The smallest absolute Gasteiger partial charge is 0.155 e. The Kier molecular flexibility index (Phi) is 3.82. The Hall–Kier alpha value is -0.710. The van der Waals surface area contributed by atoms with Gasteiger partial charge in [0.05, 0.1) is 17.8 Å². The summed E-state index contributed by atoms with van der Waals surface area (Å²) in [5, 5.41) is 32.4. The molecule has 0 saturated heterocycles. The highest BCUT2D eigenvalue weighted by Gasteiger charge is 2.66. The minimum absolute atomic E-state index is 0.0941. The normalized spacial score (nSPS) is 53.5. The van der Waals surface area contributed by atoms with Crippen LogP contribution in [-0.2, 0) is 4.79 Å². The summed E-state index contributed by atoms with van der Waals surface area (Å²) in [5.74, 6) is 1.30. The third-order valence-corrected chi connectivity index (χ3v) is 8.88. The molecule has 0 radical (unpaired) electrons. The summed E-state index contributed by atoms with van der Waals surface area (Å²) in [6.45, 7) is 6.10. The van der Waals surface area contributed by atoms with E-state index < -0.39 is 17.8 Å². The first kappa shape index (κ1) is 17.7. The van der Waals surface area contributed by atoms with Crippen molar-refractivity contribution in [1.82, 2.24) is 0 Å². The zero-order chi connectivity index (χ0) is 18.2. The lowest BCUT2D eigenvalue weighted by Gasteiger charge is -2.60. The summed E-state index contributed by atoms with van der Waals surface area (Å²) in [6, 6.07) is 0. The molecule has 25 heavy (non-hydrogen) atoms. The van der Waals surface area contributed by atoms with Crippen molar-refractivity contribution in [1.29, 1.82) is 0 Å². The molecule has 0 aliphatic heterocycles. The maximum atomic E-state index is 11.9. The molecule has 0 aromatic carbocycles. The lowest BCUT2D eigenvalue weighted by atomic mass is 9.45. The van der Waals surface area contributed by atoms with E-state index >= 15 is 0 Å². The zero-order valence-corrected chi connectivity index (χ0v) is 15.7. The Morgan fingerprint density at radius 1 is 1.16 bits per heavy atom. The molecule has 3 saturated carbocycles. The zero-order valence-electron chi connectivity index (χ0n) is 15.7. The third-order valence-electron chi connectivity index (χ3n) is 8.88. The van der Waals surface area contributed by atoms with Crippen LogP contribution in [0, 0.1) is 28.6 Å². The van der Waals surface area contributed by atoms with Gasteiger partial charge in [0.15, 0.2) is 5.78 Å². The van der Waals surface area contributed by atoms with Crippen molar-refractivity contribution in [3.05, 3.63) is 11.6 Å². The Morgan fingerprint density at radius 2 is 1.84 bits per heavy atom. The molecule has 3 fully saturated rings. The van der Waals surface area contributed by atoms with Crippen molar-refractivity contribution in [2.24, 2.45) is 28.6 Å². The van der Waals surface area contributed by atoms with Gasteiger partial charge in [0.2, 0.25) is 0 Å². The molecule has 0 aromatic heterocycles. The summed E-state index contributed by atoms with van der Waals surface area (Å²) in [5.41, 5.74) is -0.446. The van der Waals surface area contributed by atoms with Crippen molar-refractivity contribution < 1.29 is 20.1 Å². The average Bonchev–Trinajstić information content (AvgIpc) is 2.83. The van der Waals surface area contributed by atoms with Crippen molar-refractivity contribution in [3.63, 3.8) is 0 Å². The van der Waals surface area contributed by atoms with Gasteiger partial charge in [0.25, 0.3) is 0 Å². The van der Waals surface area contributed by atoms with Crippen molar-refractivity contribution >= 4 is 5.78 Å². The summed E-state index contributed by atoms with van der Waals surface area (Å²) < 4.78 is 0. The number of rotatable bonds is 1. The van der Waals surface area contributed by atoms with Gasteiger partial charge in [-0.1, -0.05) is 13.8 Å². The summed E-state index contributed by atoms with van der Waals surface area (Å²) in [6.07, 6.45) is 6.02. The van der Waals surface area contributed by atoms with Crippen molar-refractivity contribution in [2.45, 2.75) is 83.5 Å². The van der Waals surface area contributed by atoms with Crippen LogP contribution < -0.4 is 0 Å². The molecule has 4 nitrogen and oxygen atoms in total. The molecule has 0 spiro atoms. The van der Waals surface area contributed by atoms with Crippen LogP contribution >= 0.6 is 0 Å². The molecule has 4 aliphatic carbocycles. The summed E-state index contributed by atoms with van der Waals surface area (Å²) in [4.78, 5) is 11.9. The number of hydrogen-bond donors (Lipinski definition) is 3. The maximum Gasteiger partial charge on any atom is 0.155 e. The van der Waals surface area contributed by atoms with E-state index in [9.17, 15) is 20.1 Å². The van der Waals surface area contributed by atoms with Crippen LogP contribution in [0.25, 0.3) is 0 Å². The molecule has 0 heterocycles. The summed E-state index contributed by atoms with van der Waals surface area (Å²) >= 11 is 0. The lowest BCUT2D eigenvalue weighted by Crippen LogP contribution is -2.59. The number of fused-ring (bicyclic) bond motifs is 5. The number of ketones is 1. The molecule has 8 unspecified atom stereocenters. The lowest BCUT2D eigenvalue weighted by molar-refractivity contribution is -0.176. The van der Waals surface area contributed by atoms with Crippen LogP contribution in [0.2, 0.25) is 0 Å². The minimum atomic E-state index is -1.02. The van der Waals surface area contributed by atoms with Gasteiger partial charge < -0.3 is 15.3 Å². The van der Waals surface area contributed by atoms with Crippen LogP contribution in [0.4, 0.5) is 0 Å². The summed E-state index contributed by atoms with van der Waals surface area (Å²) in [7, 11) is 0. The number of hydrogen-bond acceptors (Lipinski definition) is 4. The van der Waals surface area contributed by atoms with Gasteiger partial charge in [0, 0.05) is 11.8 Å². The van der Waals surface area contributed by atoms with E-state index in [-0.39, 0.29) is 16.6 Å². The van der Waals surface area contributed by atoms with E-state index in [4.69, 9.17) is 0 Å². The largest absolute Gasteiger partial charge is 0.390 e. The molecule has 0 bridgehead atoms. The quantitative estimate of drug-likeness (QED) is 0.681. The Morgan fingerprint density at radius 3 is 2.52 bits per heavy atom.